The smallest absolute Gasteiger partial charge is 0.389 e. The molecule has 0 aromatic heterocycles. The molecule has 226 valence electrons. The van der Waals surface area contributed by atoms with Crippen molar-refractivity contribution in [2.75, 3.05) is 18.5 Å². The highest BCUT2D eigenvalue weighted by Gasteiger charge is 2.55. The number of benzene rings is 1. The van der Waals surface area contributed by atoms with Crippen molar-refractivity contribution >= 4 is 23.2 Å². The van der Waals surface area contributed by atoms with E-state index in [1.165, 1.54) is 5.57 Å². The summed E-state index contributed by atoms with van der Waals surface area (Å²) in [5, 5.41) is 10.2. The van der Waals surface area contributed by atoms with Gasteiger partial charge in [-0.25, -0.2) is 4.39 Å². The predicted molar refractivity (Wildman–Crippen MR) is 145 cm³/mol. The van der Waals surface area contributed by atoms with E-state index in [1.54, 1.807) is 0 Å². The molecule has 0 spiro atoms. The summed E-state index contributed by atoms with van der Waals surface area (Å²) in [7, 11) is 0. The SMILES string of the molecule is O=C(N[C@@H]1C2CCC(/C2=C/C2CC2)[C@@H]1C(=O)Nc1ccc(F)c(C(F)(F)F)c1)C1CCC[C@H](C2=NOC3COCC23)C1. The van der Waals surface area contributed by atoms with Crippen LogP contribution < -0.4 is 10.6 Å². The summed E-state index contributed by atoms with van der Waals surface area (Å²) in [6.07, 6.45) is 4.46. The molecule has 2 amide bonds. The predicted octanol–water partition coefficient (Wildman–Crippen LogP) is 5.47. The van der Waals surface area contributed by atoms with Crippen molar-refractivity contribution in [1.29, 1.82) is 0 Å². The van der Waals surface area contributed by atoms with Gasteiger partial charge in [0.2, 0.25) is 11.8 Å². The number of oxime groups is 1. The quantitative estimate of drug-likeness (QED) is 0.341. The van der Waals surface area contributed by atoms with Gasteiger partial charge in [0, 0.05) is 29.5 Å². The number of ether oxygens (including phenoxy) is 1. The molecular weight excluding hydrogens is 554 g/mol. The molecule has 2 N–H and O–H groups in total. The first-order chi connectivity index (χ1) is 20.2. The fraction of sp³-hybridized carbons (Fsp3) is 0.645. The highest BCUT2D eigenvalue weighted by Crippen LogP contribution is 2.54. The van der Waals surface area contributed by atoms with Crippen LogP contribution in [-0.2, 0) is 25.3 Å². The number of carbonyl (C=O) groups is 2. The highest BCUT2D eigenvalue weighted by atomic mass is 19.4. The molecule has 11 heteroatoms. The minimum absolute atomic E-state index is 0.0256. The topological polar surface area (TPSA) is 89.0 Å². The molecule has 7 nitrogen and oxygen atoms in total. The van der Waals surface area contributed by atoms with E-state index in [9.17, 15) is 27.2 Å². The average molecular weight is 590 g/mol. The molecule has 6 aliphatic rings. The Morgan fingerprint density at radius 2 is 1.79 bits per heavy atom. The van der Waals surface area contributed by atoms with E-state index in [2.05, 4.69) is 21.9 Å². The van der Waals surface area contributed by atoms with Crippen molar-refractivity contribution < 1.29 is 36.7 Å². The number of nitrogens with zero attached hydrogens (tertiary/aromatic N) is 1. The zero-order chi connectivity index (χ0) is 29.2. The van der Waals surface area contributed by atoms with Crippen molar-refractivity contribution in [1.82, 2.24) is 5.32 Å². The first kappa shape index (κ1) is 27.9. The van der Waals surface area contributed by atoms with Gasteiger partial charge in [-0.15, -0.1) is 0 Å². The molecule has 5 fully saturated rings. The number of carbonyl (C=O) groups excluding carboxylic acids is 2. The summed E-state index contributed by atoms with van der Waals surface area (Å²) in [5.74, 6) is -2.02. The third-order valence-electron chi connectivity index (χ3n) is 10.3. The van der Waals surface area contributed by atoms with Gasteiger partial charge < -0.3 is 20.2 Å². The minimum Gasteiger partial charge on any atom is -0.389 e. The third kappa shape index (κ3) is 5.11. The van der Waals surface area contributed by atoms with Crippen LogP contribution in [0.1, 0.15) is 56.9 Å². The van der Waals surface area contributed by atoms with Gasteiger partial charge in [0.05, 0.1) is 36.3 Å². The number of anilines is 1. The van der Waals surface area contributed by atoms with E-state index in [-0.39, 0.29) is 47.3 Å². The maximum Gasteiger partial charge on any atom is 0.419 e. The van der Waals surface area contributed by atoms with Gasteiger partial charge in [-0.05, 0) is 75.0 Å². The molecule has 2 bridgehead atoms. The number of halogens is 4. The van der Waals surface area contributed by atoms with E-state index < -0.39 is 35.4 Å². The second-order valence-electron chi connectivity index (χ2n) is 12.9. The summed E-state index contributed by atoms with van der Waals surface area (Å²) in [6.45, 7) is 1.13. The van der Waals surface area contributed by atoms with E-state index >= 15 is 0 Å². The van der Waals surface area contributed by atoms with Gasteiger partial charge in [-0.1, -0.05) is 23.2 Å². The number of allylic oxidation sites excluding steroid dienone is 1. The lowest BCUT2D eigenvalue weighted by molar-refractivity contribution is -0.140. The first-order valence-electron chi connectivity index (χ1n) is 15.2. The lowest BCUT2D eigenvalue weighted by Crippen LogP contribution is -2.50. The number of hydrogen-bond acceptors (Lipinski definition) is 5. The summed E-state index contributed by atoms with van der Waals surface area (Å²) >= 11 is 0. The number of nitrogens with one attached hydrogen (secondary N) is 2. The average Bonchev–Trinajstić information content (AvgIpc) is 3.23. The van der Waals surface area contributed by atoms with Gasteiger partial charge in [-0.3, -0.25) is 9.59 Å². The molecule has 1 aromatic carbocycles. The maximum atomic E-state index is 13.9. The fourth-order valence-corrected chi connectivity index (χ4v) is 8.07. The molecule has 1 aromatic rings. The lowest BCUT2D eigenvalue weighted by Gasteiger charge is -2.34. The first-order valence-corrected chi connectivity index (χ1v) is 15.2. The molecule has 42 heavy (non-hydrogen) atoms. The van der Waals surface area contributed by atoms with E-state index in [0.29, 0.717) is 31.6 Å². The maximum absolute atomic E-state index is 13.9. The van der Waals surface area contributed by atoms with Crippen molar-refractivity contribution in [2.45, 2.75) is 69.7 Å². The van der Waals surface area contributed by atoms with Crippen LogP contribution in [0.5, 0.6) is 0 Å². The largest absolute Gasteiger partial charge is 0.419 e. The Morgan fingerprint density at radius 1 is 0.976 bits per heavy atom. The van der Waals surface area contributed by atoms with Crippen molar-refractivity contribution in [3.63, 3.8) is 0 Å². The van der Waals surface area contributed by atoms with E-state index in [1.807, 2.05) is 0 Å². The fourth-order valence-electron chi connectivity index (χ4n) is 8.07. The zero-order valence-corrected chi connectivity index (χ0v) is 23.2. The van der Waals surface area contributed by atoms with Crippen LogP contribution >= 0.6 is 0 Å². The van der Waals surface area contributed by atoms with Crippen molar-refractivity contribution in [3.8, 4) is 0 Å². The molecule has 5 unspecified atom stereocenters. The Morgan fingerprint density at radius 3 is 2.57 bits per heavy atom. The summed E-state index contributed by atoms with van der Waals surface area (Å²) in [4.78, 5) is 33.0. The molecule has 2 aliphatic heterocycles. The van der Waals surface area contributed by atoms with E-state index in [0.717, 1.165) is 62.8 Å². The summed E-state index contributed by atoms with van der Waals surface area (Å²) in [6, 6.07) is 2.05. The molecule has 7 rings (SSSR count). The summed E-state index contributed by atoms with van der Waals surface area (Å²) < 4.78 is 59.4. The van der Waals surface area contributed by atoms with Crippen LogP contribution in [0.15, 0.2) is 35.0 Å². The molecule has 0 radical (unpaired) electrons. The Bertz CT molecular complexity index is 1330. The monoisotopic (exact) mass is 589 g/mol. The van der Waals surface area contributed by atoms with Gasteiger partial charge >= 0.3 is 6.18 Å². The van der Waals surface area contributed by atoms with Crippen LogP contribution in [-0.4, -0.2) is 42.9 Å². The van der Waals surface area contributed by atoms with Crippen LogP contribution in [0, 0.1) is 47.2 Å². The number of rotatable bonds is 6. The van der Waals surface area contributed by atoms with Crippen LogP contribution in [0.4, 0.5) is 23.2 Å². The van der Waals surface area contributed by atoms with Crippen LogP contribution in [0.2, 0.25) is 0 Å². The van der Waals surface area contributed by atoms with E-state index in [4.69, 9.17) is 9.57 Å². The Labute approximate surface area is 241 Å². The number of hydrogen-bond donors (Lipinski definition) is 2. The molecule has 2 heterocycles. The third-order valence-corrected chi connectivity index (χ3v) is 10.3. The number of alkyl halides is 3. The summed E-state index contributed by atoms with van der Waals surface area (Å²) in [5.41, 5.74) is 0.661. The Kier molecular flexibility index (Phi) is 7.06. The zero-order valence-electron chi connectivity index (χ0n) is 23.2. The lowest BCUT2D eigenvalue weighted by atomic mass is 9.75. The standard InChI is InChI=1S/C31H35F4N3O4/c32-24-9-6-18(12-23(24)31(33,34)35)36-30(40)26-19-7-8-20(21(19)10-15-4-5-15)28(26)37-29(39)17-3-1-2-16(11-17)27-22-13-41-14-25(22)42-38-27/h6,9-10,12,15-17,19-20,22,25-26,28H,1-5,7-8,11,13-14H2,(H,36,40)(H,37,39)/b21-10-/t16-,17?,19?,20?,22?,25?,26-,28+/m0/s1. The molecule has 1 saturated heterocycles. The minimum atomic E-state index is -4.88. The Hall–Kier alpha value is -2.95. The number of amides is 2. The molecule has 8 atom stereocenters. The van der Waals surface area contributed by atoms with Gasteiger partial charge in [0.1, 0.15) is 5.82 Å². The van der Waals surface area contributed by atoms with Crippen LogP contribution in [0.3, 0.4) is 0 Å². The second kappa shape index (κ2) is 10.6. The van der Waals surface area contributed by atoms with Gasteiger partial charge in [0.25, 0.3) is 0 Å². The van der Waals surface area contributed by atoms with Crippen molar-refractivity contribution in [2.24, 2.45) is 46.6 Å². The normalized spacial score (nSPS) is 36.5. The van der Waals surface area contributed by atoms with Crippen LogP contribution in [0.25, 0.3) is 0 Å². The molecular formula is C31H35F4N3O4. The molecule has 4 aliphatic carbocycles. The van der Waals surface area contributed by atoms with Gasteiger partial charge in [0.15, 0.2) is 6.10 Å². The van der Waals surface area contributed by atoms with Crippen molar-refractivity contribution in [3.05, 3.63) is 41.2 Å². The second-order valence-corrected chi connectivity index (χ2v) is 12.9. The van der Waals surface area contributed by atoms with Gasteiger partial charge in [-0.2, -0.15) is 13.2 Å². The number of fused-ring (bicyclic) bond motifs is 3. The highest BCUT2D eigenvalue weighted by molar-refractivity contribution is 5.95. The Balaban J connectivity index is 1.09. The molecule has 4 saturated carbocycles.